The predicted molar refractivity (Wildman–Crippen MR) is 83.5 cm³/mol. The van der Waals surface area contributed by atoms with Crippen LogP contribution in [0.15, 0.2) is 24.3 Å². The molecule has 1 aliphatic rings. The van der Waals surface area contributed by atoms with E-state index in [0.717, 1.165) is 30.4 Å². The average Bonchev–Trinajstić information content (AvgIpc) is 2.91. The van der Waals surface area contributed by atoms with Crippen LogP contribution in [0.4, 0.5) is 0 Å². The number of amides is 1. The molecule has 0 saturated heterocycles. The topological polar surface area (TPSA) is 49.3 Å². The summed E-state index contributed by atoms with van der Waals surface area (Å²) >= 11 is 0. The van der Waals surface area contributed by atoms with Crippen LogP contribution in [0.1, 0.15) is 50.3 Å². The Morgan fingerprint density at radius 3 is 2.67 bits per heavy atom. The Labute approximate surface area is 126 Å². The molecule has 0 spiro atoms. The fourth-order valence-corrected chi connectivity index (χ4v) is 2.94. The molecule has 1 amide bonds. The van der Waals surface area contributed by atoms with Gasteiger partial charge in [-0.3, -0.25) is 4.79 Å². The molecular weight excluding hydrogens is 262 g/mol. The van der Waals surface area contributed by atoms with Crippen molar-refractivity contribution in [2.75, 3.05) is 6.61 Å². The Morgan fingerprint density at radius 1 is 1.38 bits per heavy atom. The molecule has 0 heterocycles. The van der Waals surface area contributed by atoms with E-state index in [1.165, 1.54) is 0 Å². The van der Waals surface area contributed by atoms with Gasteiger partial charge < -0.3 is 10.4 Å². The van der Waals surface area contributed by atoms with Crippen molar-refractivity contribution in [3.05, 3.63) is 35.4 Å². The van der Waals surface area contributed by atoms with E-state index in [1.54, 1.807) is 0 Å². The van der Waals surface area contributed by atoms with E-state index in [4.69, 9.17) is 5.11 Å². The van der Waals surface area contributed by atoms with Crippen molar-refractivity contribution in [1.82, 2.24) is 5.32 Å². The van der Waals surface area contributed by atoms with E-state index >= 15 is 0 Å². The van der Waals surface area contributed by atoms with Crippen molar-refractivity contribution in [3.8, 4) is 11.8 Å². The summed E-state index contributed by atoms with van der Waals surface area (Å²) < 4.78 is 0. The Hall–Kier alpha value is -1.79. The van der Waals surface area contributed by atoms with Crippen LogP contribution in [0.5, 0.6) is 0 Å². The van der Waals surface area contributed by atoms with Crippen molar-refractivity contribution in [3.63, 3.8) is 0 Å². The molecule has 3 atom stereocenters. The Bertz CT molecular complexity index is 539. The monoisotopic (exact) mass is 285 g/mol. The van der Waals surface area contributed by atoms with Crippen molar-refractivity contribution < 1.29 is 9.90 Å². The zero-order chi connectivity index (χ0) is 15.2. The van der Waals surface area contributed by atoms with Gasteiger partial charge >= 0.3 is 0 Å². The Morgan fingerprint density at radius 2 is 2.10 bits per heavy atom. The molecule has 3 unspecified atom stereocenters. The standard InChI is InChI=1S/C18H23NO2/c1-13-5-3-7-17(13)18(21)19-14(2)16-10-8-15(9-11-16)6-4-12-20/h8-11,13-14,17,20H,3,5,7,12H2,1-2H3,(H,19,21). The van der Waals surface area contributed by atoms with Gasteiger partial charge in [0.15, 0.2) is 0 Å². The highest BCUT2D eigenvalue weighted by atomic mass is 16.2. The van der Waals surface area contributed by atoms with Gasteiger partial charge in [-0.25, -0.2) is 0 Å². The lowest BCUT2D eigenvalue weighted by Gasteiger charge is -2.20. The van der Waals surface area contributed by atoms with Gasteiger partial charge in [-0.1, -0.05) is 37.3 Å². The van der Waals surface area contributed by atoms with E-state index in [0.29, 0.717) is 5.92 Å². The van der Waals surface area contributed by atoms with Crippen molar-refractivity contribution in [1.29, 1.82) is 0 Å². The first-order valence-electron chi connectivity index (χ1n) is 7.62. The molecule has 1 aliphatic carbocycles. The molecule has 0 radical (unpaired) electrons. The van der Waals surface area contributed by atoms with E-state index in [9.17, 15) is 4.79 Å². The summed E-state index contributed by atoms with van der Waals surface area (Å²) in [6.07, 6.45) is 3.33. The lowest BCUT2D eigenvalue weighted by Crippen LogP contribution is -2.33. The first-order valence-corrected chi connectivity index (χ1v) is 7.62. The highest BCUT2D eigenvalue weighted by molar-refractivity contribution is 5.79. The van der Waals surface area contributed by atoms with Gasteiger partial charge in [0.1, 0.15) is 6.61 Å². The fraction of sp³-hybridized carbons (Fsp3) is 0.500. The highest BCUT2D eigenvalue weighted by Gasteiger charge is 2.30. The third-order valence-corrected chi connectivity index (χ3v) is 4.28. The number of aliphatic hydroxyl groups excluding tert-OH is 1. The number of carbonyl (C=O) groups excluding carboxylic acids is 1. The molecule has 2 rings (SSSR count). The SMILES string of the molecule is CC(NC(=O)C1CCCC1C)c1ccc(C#CCO)cc1. The third-order valence-electron chi connectivity index (χ3n) is 4.28. The number of nitrogens with one attached hydrogen (secondary N) is 1. The van der Waals surface area contributed by atoms with Crippen LogP contribution in [0.2, 0.25) is 0 Å². The second kappa shape index (κ2) is 7.28. The summed E-state index contributed by atoms with van der Waals surface area (Å²) in [5, 5.41) is 11.8. The molecule has 2 N–H and O–H groups in total. The quantitative estimate of drug-likeness (QED) is 0.839. The van der Waals surface area contributed by atoms with Crippen LogP contribution in [-0.2, 0) is 4.79 Å². The average molecular weight is 285 g/mol. The lowest BCUT2D eigenvalue weighted by atomic mass is 9.96. The molecule has 0 aromatic heterocycles. The van der Waals surface area contributed by atoms with E-state index in [2.05, 4.69) is 24.1 Å². The molecule has 0 bridgehead atoms. The van der Waals surface area contributed by atoms with Gasteiger partial charge in [-0.15, -0.1) is 0 Å². The van der Waals surface area contributed by atoms with Crippen LogP contribution in [0.25, 0.3) is 0 Å². The second-order valence-electron chi connectivity index (χ2n) is 5.83. The zero-order valence-electron chi connectivity index (χ0n) is 12.7. The first kappa shape index (κ1) is 15.6. The Kier molecular flexibility index (Phi) is 5.41. The summed E-state index contributed by atoms with van der Waals surface area (Å²) in [7, 11) is 0. The molecule has 1 saturated carbocycles. The third kappa shape index (κ3) is 4.09. The lowest BCUT2D eigenvalue weighted by molar-refractivity contribution is -0.126. The maximum Gasteiger partial charge on any atom is 0.223 e. The summed E-state index contributed by atoms with van der Waals surface area (Å²) in [6, 6.07) is 7.79. The van der Waals surface area contributed by atoms with Gasteiger partial charge in [0.2, 0.25) is 5.91 Å². The maximum atomic E-state index is 12.3. The van der Waals surface area contributed by atoms with Crippen LogP contribution >= 0.6 is 0 Å². The first-order chi connectivity index (χ1) is 10.1. The molecular formula is C18H23NO2. The number of aliphatic hydroxyl groups is 1. The molecule has 21 heavy (non-hydrogen) atoms. The number of rotatable bonds is 3. The minimum atomic E-state index is -0.131. The van der Waals surface area contributed by atoms with Crippen molar-refractivity contribution >= 4 is 5.91 Å². The fourth-order valence-electron chi connectivity index (χ4n) is 2.94. The van der Waals surface area contributed by atoms with Gasteiger partial charge in [0.25, 0.3) is 0 Å². The largest absolute Gasteiger partial charge is 0.384 e. The summed E-state index contributed by atoms with van der Waals surface area (Å²) in [6.45, 7) is 4.04. The van der Waals surface area contributed by atoms with E-state index < -0.39 is 0 Å². The summed E-state index contributed by atoms with van der Waals surface area (Å²) in [5.41, 5.74) is 1.94. The summed E-state index contributed by atoms with van der Waals surface area (Å²) in [5.74, 6) is 6.33. The van der Waals surface area contributed by atoms with Gasteiger partial charge in [-0.2, -0.15) is 0 Å². The van der Waals surface area contributed by atoms with Gasteiger partial charge in [0, 0.05) is 11.5 Å². The van der Waals surface area contributed by atoms with Gasteiger partial charge in [-0.05, 0) is 43.4 Å². The maximum absolute atomic E-state index is 12.3. The molecule has 0 aliphatic heterocycles. The normalized spacial score (nSPS) is 22.2. The van der Waals surface area contributed by atoms with E-state index in [1.807, 2.05) is 31.2 Å². The molecule has 1 aromatic rings. The minimum Gasteiger partial charge on any atom is -0.384 e. The molecule has 112 valence electrons. The van der Waals surface area contributed by atoms with Crippen LogP contribution in [-0.4, -0.2) is 17.6 Å². The van der Waals surface area contributed by atoms with Crippen LogP contribution < -0.4 is 5.32 Å². The smallest absolute Gasteiger partial charge is 0.223 e. The van der Waals surface area contributed by atoms with Crippen LogP contribution in [0, 0.1) is 23.7 Å². The minimum absolute atomic E-state index is 0.00477. The number of hydrogen-bond donors (Lipinski definition) is 2. The number of hydrogen-bond acceptors (Lipinski definition) is 2. The second-order valence-corrected chi connectivity index (χ2v) is 5.83. The zero-order valence-corrected chi connectivity index (χ0v) is 12.7. The predicted octanol–water partition coefficient (Wildman–Crippen LogP) is 2.64. The molecule has 3 nitrogen and oxygen atoms in total. The summed E-state index contributed by atoms with van der Waals surface area (Å²) in [4.78, 5) is 12.3. The number of benzene rings is 1. The van der Waals surface area contributed by atoms with Crippen molar-refractivity contribution in [2.24, 2.45) is 11.8 Å². The van der Waals surface area contributed by atoms with E-state index in [-0.39, 0.29) is 24.5 Å². The van der Waals surface area contributed by atoms with Gasteiger partial charge in [0.05, 0.1) is 6.04 Å². The molecule has 3 heteroatoms. The van der Waals surface area contributed by atoms with Crippen molar-refractivity contribution in [2.45, 2.75) is 39.2 Å². The molecule has 1 fully saturated rings. The highest BCUT2D eigenvalue weighted by Crippen LogP contribution is 2.31. The molecule has 1 aromatic carbocycles. The van der Waals surface area contributed by atoms with Crippen LogP contribution in [0.3, 0.4) is 0 Å². The number of carbonyl (C=O) groups is 1. The Balaban J connectivity index is 1.96.